The van der Waals surface area contributed by atoms with E-state index >= 15 is 0 Å². The zero-order valence-electron chi connectivity index (χ0n) is 11.0. The second kappa shape index (κ2) is 6.60. The lowest BCUT2D eigenvalue weighted by Gasteiger charge is -2.34. The van der Waals surface area contributed by atoms with Crippen molar-refractivity contribution in [1.29, 1.82) is 0 Å². The average molecular weight is 236 g/mol. The van der Waals surface area contributed by atoms with Crippen molar-refractivity contribution in [2.75, 3.05) is 47.1 Å². The van der Waals surface area contributed by atoms with Crippen LogP contribution in [-0.4, -0.2) is 60.4 Å². The molecular weight excluding hydrogens is 210 g/mol. The lowest BCUT2D eigenvalue weighted by Crippen LogP contribution is -2.59. The van der Waals surface area contributed by atoms with E-state index in [0.29, 0.717) is 19.8 Å². The van der Waals surface area contributed by atoms with Crippen LogP contribution in [0.2, 0.25) is 0 Å². The van der Waals surface area contributed by atoms with E-state index in [-0.39, 0.29) is 0 Å². The fourth-order valence-corrected chi connectivity index (χ4v) is 4.51. The van der Waals surface area contributed by atoms with Crippen molar-refractivity contribution in [3.8, 4) is 0 Å². The van der Waals surface area contributed by atoms with Gasteiger partial charge in [0.05, 0.1) is 21.1 Å². The number of hydrogen-bond acceptors (Lipinski definition) is 3. The van der Waals surface area contributed by atoms with Crippen LogP contribution in [0.4, 0.5) is 0 Å². The van der Waals surface area contributed by atoms with Crippen LogP contribution >= 0.6 is 0 Å². The minimum absolute atomic E-state index is 0.645. The quantitative estimate of drug-likeness (QED) is 0.469. The van der Waals surface area contributed by atoms with Gasteiger partial charge in [0.2, 0.25) is 0 Å². The number of nitrogens with zero attached hydrogens (tertiary/aromatic N) is 1. The first kappa shape index (κ1) is 15.1. The van der Waals surface area contributed by atoms with Gasteiger partial charge in [0.15, 0.2) is 0 Å². The highest BCUT2D eigenvalue weighted by Crippen LogP contribution is 2.13. The zero-order chi connectivity index (χ0) is 11.9. The first-order chi connectivity index (χ1) is 6.89. The highest BCUT2D eigenvalue weighted by Gasteiger charge is 2.46. The molecule has 0 bridgehead atoms. The summed E-state index contributed by atoms with van der Waals surface area (Å²) >= 11 is 0. The third-order valence-corrected chi connectivity index (χ3v) is 5.28. The minimum Gasteiger partial charge on any atom is -0.370 e. The van der Waals surface area contributed by atoms with Crippen LogP contribution in [0.15, 0.2) is 0 Å². The molecule has 0 aliphatic heterocycles. The van der Waals surface area contributed by atoms with Gasteiger partial charge in [-0.3, -0.25) is 0 Å². The van der Waals surface area contributed by atoms with Crippen molar-refractivity contribution in [3.05, 3.63) is 0 Å². The monoisotopic (exact) mass is 236 g/mol. The van der Waals surface area contributed by atoms with E-state index in [1.807, 2.05) is 20.8 Å². The summed E-state index contributed by atoms with van der Waals surface area (Å²) in [7, 11) is 3.91. The SMILES string of the molecule is CCO[Si](C[N+](C)(C)C)(OCC)OCC. The van der Waals surface area contributed by atoms with Gasteiger partial charge < -0.3 is 17.8 Å². The molecule has 0 rings (SSSR count). The molecule has 0 aromatic rings. The lowest BCUT2D eigenvalue weighted by molar-refractivity contribution is -0.862. The maximum Gasteiger partial charge on any atom is 0.559 e. The Balaban J connectivity index is 4.60. The van der Waals surface area contributed by atoms with Gasteiger partial charge in [-0.05, 0) is 20.8 Å². The summed E-state index contributed by atoms with van der Waals surface area (Å²) in [6.07, 6.45) is 0.808. The number of quaternary nitrogens is 1. The van der Waals surface area contributed by atoms with Crippen LogP contribution in [0, 0.1) is 0 Å². The van der Waals surface area contributed by atoms with Crippen LogP contribution < -0.4 is 0 Å². The third kappa shape index (κ3) is 6.27. The summed E-state index contributed by atoms with van der Waals surface area (Å²) < 4.78 is 18.1. The minimum atomic E-state index is -2.46. The molecule has 0 aliphatic carbocycles. The summed E-state index contributed by atoms with van der Waals surface area (Å²) in [5.41, 5.74) is 0. The predicted molar refractivity (Wildman–Crippen MR) is 63.5 cm³/mol. The fourth-order valence-electron chi connectivity index (χ4n) is 1.50. The van der Waals surface area contributed by atoms with Crippen molar-refractivity contribution in [1.82, 2.24) is 0 Å². The van der Waals surface area contributed by atoms with Gasteiger partial charge in [-0.25, -0.2) is 0 Å². The average Bonchev–Trinajstić information content (AvgIpc) is 2.01. The van der Waals surface area contributed by atoms with E-state index in [1.165, 1.54) is 0 Å². The Hall–Kier alpha value is 0.0569. The summed E-state index contributed by atoms with van der Waals surface area (Å²) in [6.45, 7) is 7.88. The third-order valence-electron chi connectivity index (χ3n) is 1.76. The molecule has 0 saturated heterocycles. The van der Waals surface area contributed by atoms with E-state index in [4.69, 9.17) is 13.3 Å². The second-order valence-corrected chi connectivity index (χ2v) is 6.98. The van der Waals surface area contributed by atoms with Gasteiger partial charge in [-0.1, -0.05) is 0 Å². The van der Waals surface area contributed by atoms with E-state index in [9.17, 15) is 0 Å². The maximum atomic E-state index is 5.77. The highest BCUT2D eigenvalue weighted by atomic mass is 28.4. The van der Waals surface area contributed by atoms with Crippen LogP contribution in [0.5, 0.6) is 0 Å². The summed E-state index contributed by atoms with van der Waals surface area (Å²) in [4.78, 5) is 0. The van der Waals surface area contributed by atoms with Crippen molar-refractivity contribution in [2.45, 2.75) is 20.8 Å². The molecule has 15 heavy (non-hydrogen) atoms. The molecule has 0 aliphatic rings. The molecule has 0 spiro atoms. The van der Waals surface area contributed by atoms with Gasteiger partial charge >= 0.3 is 8.80 Å². The molecule has 0 radical (unpaired) electrons. The van der Waals surface area contributed by atoms with E-state index in [0.717, 1.165) is 10.7 Å². The Labute approximate surface area is 95.1 Å². The molecule has 0 atom stereocenters. The Morgan fingerprint density at radius 3 is 1.33 bits per heavy atom. The Morgan fingerprint density at radius 1 is 0.800 bits per heavy atom. The van der Waals surface area contributed by atoms with E-state index in [2.05, 4.69) is 21.1 Å². The van der Waals surface area contributed by atoms with Crippen molar-refractivity contribution >= 4 is 8.80 Å². The van der Waals surface area contributed by atoms with Crippen molar-refractivity contribution in [2.24, 2.45) is 0 Å². The van der Waals surface area contributed by atoms with Crippen LogP contribution in [-0.2, 0) is 13.3 Å². The first-order valence-corrected chi connectivity index (χ1v) is 7.54. The molecule has 0 aromatic carbocycles. The molecule has 0 N–H and O–H groups in total. The summed E-state index contributed by atoms with van der Waals surface area (Å²) in [6, 6.07) is 0. The topological polar surface area (TPSA) is 27.7 Å². The zero-order valence-corrected chi connectivity index (χ0v) is 12.0. The highest BCUT2D eigenvalue weighted by molar-refractivity contribution is 6.60. The normalized spacial score (nSPS) is 13.2. The Kier molecular flexibility index (Phi) is 6.62. The predicted octanol–water partition coefficient (Wildman–Crippen LogP) is 1.28. The van der Waals surface area contributed by atoms with Gasteiger partial charge in [-0.15, -0.1) is 0 Å². The largest absolute Gasteiger partial charge is 0.559 e. The Bertz CT molecular complexity index is 154. The van der Waals surface area contributed by atoms with E-state index in [1.54, 1.807) is 0 Å². The molecule has 0 unspecified atom stereocenters. The van der Waals surface area contributed by atoms with Crippen LogP contribution in [0.3, 0.4) is 0 Å². The molecule has 4 nitrogen and oxygen atoms in total. The molecule has 92 valence electrons. The Morgan fingerprint density at radius 2 is 1.13 bits per heavy atom. The first-order valence-electron chi connectivity index (χ1n) is 5.61. The standard InChI is InChI=1S/C10H26NO3Si/c1-7-12-15(13-8-2,14-9-3)10-11(4,5)6/h7-10H2,1-6H3/q+1. The molecule has 0 fully saturated rings. The van der Waals surface area contributed by atoms with Gasteiger partial charge in [-0.2, -0.15) is 0 Å². The smallest absolute Gasteiger partial charge is 0.370 e. The molecule has 0 heterocycles. The van der Waals surface area contributed by atoms with Crippen molar-refractivity contribution < 1.29 is 17.8 Å². The lowest BCUT2D eigenvalue weighted by atomic mass is 10.8. The maximum absolute atomic E-state index is 5.77. The number of hydrogen-bond donors (Lipinski definition) is 0. The van der Waals surface area contributed by atoms with Gasteiger partial charge in [0.1, 0.15) is 6.17 Å². The molecule has 0 aromatic heterocycles. The molecule has 0 saturated carbocycles. The summed E-state index contributed by atoms with van der Waals surface area (Å²) in [5.74, 6) is 0. The summed E-state index contributed by atoms with van der Waals surface area (Å²) in [5, 5.41) is 0. The second-order valence-electron chi connectivity index (χ2n) is 4.43. The van der Waals surface area contributed by atoms with E-state index < -0.39 is 8.80 Å². The molecule has 5 heteroatoms. The van der Waals surface area contributed by atoms with Crippen LogP contribution in [0.1, 0.15) is 20.8 Å². The fraction of sp³-hybridized carbons (Fsp3) is 1.00. The molecule has 0 amide bonds. The van der Waals surface area contributed by atoms with Gasteiger partial charge in [0, 0.05) is 19.8 Å². The van der Waals surface area contributed by atoms with Crippen molar-refractivity contribution in [3.63, 3.8) is 0 Å². The van der Waals surface area contributed by atoms with Gasteiger partial charge in [0.25, 0.3) is 0 Å². The molecular formula is C10H26NO3Si+. The number of rotatable bonds is 8. The van der Waals surface area contributed by atoms with Crippen LogP contribution in [0.25, 0.3) is 0 Å².